The molecule has 1 aromatic rings. The van der Waals surface area contributed by atoms with Gasteiger partial charge in [0, 0.05) is 17.4 Å². The standard InChI is InChI=1S/C21H29NO3/c1-22-11-10-21(15-8-9-18(24-2)19(13-15)25-3)14-6-4-5-7-16(20(21)22)17(23)12-14/h4,6,8-9,13-14,16-17,20,23H,5,7,10-12H2,1-3H3/b6-4+/t14?,16-,17-,20+,21-/m1/s1. The summed E-state index contributed by atoms with van der Waals surface area (Å²) in [4.78, 5) is 2.48. The molecule has 2 fully saturated rings. The third kappa shape index (κ3) is 2.42. The van der Waals surface area contributed by atoms with Gasteiger partial charge in [-0.05, 0) is 62.9 Å². The molecule has 25 heavy (non-hydrogen) atoms. The molecule has 4 rings (SSSR count). The molecule has 1 heterocycles. The van der Waals surface area contributed by atoms with E-state index in [2.05, 4.69) is 36.2 Å². The summed E-state index contributed by atoms with van der Waals surface area (Å²) in [6, 6.07) is 6.79. The fraction of sp³-hybridized carbons (Fsp3) is 0.619. The second kappa shape index (κ2) is 6.33. The minimum Gasteiger partial charge on any atom is -0.493 e. The molecule has 1 unspecified atom stereocenters. The van der Waals surface area contributed by atoms with Crippen LogP contribution in [0.1, 0.15) is 31.2 Å². The first-order chi connectivity index (χ1) is 12.1. The van der Waals surface area contributed by atoms with Gasteiger partial charge in [0.25, 0.3) is 0 Å². The van der Waals surface area contributed by atoms with Gasteiger partial charge in [-0.15, -0.1) is 0 Å². The summed E-state index contributed by atoms with van der Waals surface area (Å²) in [5.41, 5.74) is 1.38. The van der Waals surface area contributed by atoms with Crippen LogP contribution in [0.4, 0.5) is 0 Å². The monoisotopic (exact) mass is 343 g/mol. The summed E-state index contributed by atoms with van der Waals surface area (Å²) in [5.74, 6) is 2.27. The Morgan fingerprint density at radius 3 is 2.76 bits per heavy atom. The Bertz CT molecular complexity index is 673. The zero-order valence-electron chi connectivity index (χ0n) is 15.4. The first kappa shape index (κ1) is 16.9. The quantitative estimate of drug-likeness (QED) is 0.857. The zero-order chi connectivity index (χ0) is 17.6. The van der Waals surface area contributed by atoms with Crippen molar-refractivity contribution in [3.05, 3.63) is 35.9 Å². The third-order valence-electron chi connectivity index (χ3n) is 6.89. The molecule has 2 aliphatic carbocycles. The molecule has 136 valence electrons. The van der Waals surface area contributed by atoms with E-state index in [1.54, 1.807) is 14.2 Å². The highest BCUT2D eigenvalue weighted by Gasteiger charge is 2.59. The van der Waals surface area contributed by atoms with Crippen molar-refractivity contribution in [1.29, 1.82) is 0 Å². The van der Waals surface area contributed by atoms with E-state index in [-0.39, 0.29) is 11.5 Å². The number of likely N-dealkylation sites (N-methyl/N-ethyl adjacent to an activating group) is 1. The predicted octanol–water partition coefficient (Wildman–Crippen LogP) is 2.99. The Kier molecular flexibility index (Phi) is 4.28. The van der Waals surface area contributed by atoms with Crippen LogP contribution < -0.4 is 9.47 Å². The van der Waals surface area contributed by atoms with Gasteiger partial charge < -0.3 is 19.5 Å². The maximum absolute atomic E-state index is 10.8. The minimum atomic E-state index is -0.200. The zero-order valence-corrected chi connectivity index (χ0v) is 15.4. The van der Waals surface area contributed by atoms with Crippen molar-refractivity contribution < 1.29 is 14.6 Å². The molecule has 5 atom stereocenters. The summed E-state index contributed by atoms with van der Waals surface area (Å²) < 4.78 is 11.0. The highest BCUT2D eigenvalue weighted by molar-refractivity contribution is 5.47. The number of rotatable bonds is 3. The number of benzene rings is 1. The van der Waals surface area contributed by atoms with Crippen LogP contribution in [0.25, 0.3) is 0 Å². The van der Waals surface area contributed by atoms with Gasteiger partial charge in [-0.3, -0.25) is 0 Å². The van der Waals surface area contributed by atoms with E-state index < -0.39 is 0 Å². The Morgan fingerprint density at radius 1 is 1.20 bits per heavy atom. The Hall–Kier alpha value is -1.52. The van der Waals surface area contributed by atoms with E-state index in [0.717, 1.165) is 43.7 Å². The van der Waals surface area contributed by atoms with Crippen LogP contribution in [0.15, 0.2) is 30.4 Å². The highest BCUT2D eigenvalue weighted by Crippen LogP contribution is 2.56. The largest absolute Gasteiger partial charge is 0.493 e. The lowest BCUT2D eigenvalue weighted by Gasteiger charge is -2.53. The first-order valence-electron chi connectivity index (χ1n) is 9.39. The number of methoxy groups -OCH3 is 2. The number of allylic oxidation sites excluding steroid dienone is 2. The fourth-order valence-electron chi connectivity index (χ4n) is 5.82. The molecule has 0 amide bonds. The highest BCUT2D eigenvalue weighted by atomic mass is 16.5. The summed E-state index contributed by atoms with van der Waals surface area (Å²) in [6.07, 6.45) is 8.64. The molecular formula is C21H29NO3. The smallest absolute Gasteiger partial charge is 0.161 e. The van der Waals surface area contributed by atoms with Gasteiger partial charge in [-0.25, -0.2) is 0 Å². The van der Waals surface area contributed by atoms with E-state index >= 15 is 0 Å². The maximum Gasteiger partial charge on any atom is 0.161 e. The molecule has 1 aromatic carbocycles. The van der Waals surface area contributed by atoms with Crippen LogP contribution >= 0.6 is 0 Å². The second-order valence-electron chi connectivity index (χ2n) is 7.86. The van der Waals surface area contributed by atoms with Crippen molar-refractivity contribution in [1.82, 2.24) is 4.90 Å². The molecule has 2 bridgehead atoms. The molecule has 0 radical (unpaired) electrons. The molecular weight excluding hydrogens is 314 g/mol. The van der Waals surface area contributed by atoms with Crippen molar-refractivity contribution in [3.63, 3.8) is 0 Å². The number of nitrogens with zero attached hydrogens (tertiary/aromatic N) is 1. The van der Waals surface area contributed by atoms with Crippen LogP contribution in [-0.2, 0) is 5.41 Å². The lowest BCUT2D eigenvalue weighted by molar-refractivity contribution is -0.0322. The van der Waals surface area contributed by atoms with E-state index in [9.17, 15) is 5.11 Å². The van der Waals surface area contributed by atoms with Crippen molar-refractivity contribution in [2.24, 2.45) is 11.8 Å². The summed E-state index contributed by atoms with van der Waals surface area (Å²) >= 11 is 0. The number of aliphatic hydroxyl groups is 1. The first-order valence-corrected chi connectivity index (χ1v) is 9.39. The molecule has 0 spiro atoms. The van der Waals surface area contributed by atoms with E-state index in [0.29, 0.717) is 17.9 Å². The molecule has 0 aromatic heterocycles. The Morgan fingerprint density at radius 2 is 2.00 bits per heavy atom. The van der Waals surface area contributed by atoms with Gasteiger partial charge in [0.05, 0.1) is 20.3 Å². The van der Waals surface area contributed by atoms with Crippen LogP contribution in [0.5, 0.6) is 11.5 Å². The summed E-state index contributed by atoms with van der Waals surface area (Å²) in [6.45, 7) is 1.08. The topological polar surface area (TPSA) is 41.9 Å². The Labute approximate surface area is 150 Å². The van der Waals surface area contributed by atoms with Crippen molar-refractivity contribution >= 4 is 0 Å². The molecule has 4 nitrogen and oxygen atoms in total. The van der Waals surface area contributed by atoms with Gasteiger partial charge in [-0.2, -0.15) is 0 Å². The fourth-order valence-corrected chi connectivity index (χ4v) is 5.82. The van der Waals surface area contributed by atoms with Gasteiger partial charge in [0.1, 0.15) is 0 Å². The van der Waals surface area contributed by atoms with Crippen molar-refractivity contribution in [2.45, 2.75) is 43.2 Å². The van der Waals surface area contributed by atoms with Gasteiger partial charge in [0.15, 0.2) is 11.5 Å². The third-order valence-corrected chi connectivity index (χ3v) is 6.89. The average molecular weight is 343 g/mol. The van der Waals surface area contributed by atoms with Crippen molar-refractivity contribution in [2.75, 3.05) is 27.8 Å². The molecule has 1 saturated carbocycles. The number of ether oxygens (including phenoxy) is 2. The van der Waals surface area contributed by atoms with Crippen LogP contribution in [0, 0.1) is 11.8 Å². The van der Waals surface area contributed by atoms with Gasteiger partial charge in [0.2, 0.25) is 0 Å². The SMILES string of the molecule is COc1ccc([C@]23CCN(C)[C@H]2[C@@H]2CC/C=C/C3C[C@H]2O)cc1OC. The summed E-state index contributed by atoms with van der Waals surface area (Å²) in [7, 11) is 5.60. The van der Waals surface area contributed by atoms with Crippen LogP contribution in [-0.4, -0.2) is 50.0 Å². The van der Waals surface area contributed by atoms with E-state index in [1.165, 1.54) is 5.56 Å². The number of likely N-dealkylation sites (tertiary alicyclic amines) is 1. The van der Waals surface area contributed by atoms with Crippen molar-refractivity contribution in [3.8, 4) is 11.5 Å². The molecule has 3 aliphatic rings. The van der Waals surface area contributed by atoms with E-state index in [1.807, 2.05) is 6.07 Å². The second-order valence-corrected chi connectivity index (χ2v) is 7.86. The number of aliphatic hydroxyl groups excluding tert-OH is 1. The number of hydrogen-bond donors (Lipinski definition) is 1. The molecule has 4 heteroatoms. The number of hydrogen-bond acceptors (Lipinski definition) is 4. The van der Waals surface area contributed by atoms with E-state index in [4.69, 9.17) is 9.47 Å². The Balaban J connectivity index is 1.88. The van der Waals surface area contributed by atoms with Gasteiger partial charge >= 0.3 is 0 Å². The molecule has 1 aliphatic heterocycles. The molecule has 1 saturated heterocycles. The maximum atomic E-state index is 10.8. The molecule has 1 N–H and O–H groups in total. The van der Waals surface area contributed by atoms with Gasteiger partial charge in [-0.1, -0.05) is 18.2 Å². The normalized spacial score (nSPS) is 38.7. The lowest BCUT2D eigenvalue weighted by atomic mass is 9.54. The van der Waals surface area contributed by atoms with Crippen LogP contribution in [0.3, 0.4) is 0 Å². The summed E-state index contributed by atoms with van der Waals surface area (Å²) in [5, 5.41) is 10.8. The lowest BCUT2D eigenvalue weighted by Crippen LogP contribution is -2.58. The minimum absolute atomic E-state index is 0.0507. The van der Waals surface area contributed by atoms with Crippen LogP contribution in [0.2, 0.25) is 0 Å². The average Bonchev–Trinajstić information content (AvgIpc) is 2.95. The predicted molar refractivity (Wildman–Crippen MR) is 98.2 cm³/mol.